The summed E-state index contributed by atoms with van der Waals surface area (Å²) in [5.41, 5.74) is 1.55. The van der Waals surface area contributed by atoms with Crippen LogP contribution in [0.25, 0.3) is 6.08 Å². The second-order valence-electron chi connectivity index (χ2n) is 5.44. The van der Waals surface area contributed by atoms with Crippen molar-refractivity contribution in [3.05, 3.63) is 51.5 Å². The molecule has 2 heterocycles. The zero-order valence-electron chi connectivity index (χ0n) is 13.8. The molecule has 1 aliphatic rings. The van der Waals surface area contributed by atoms with Crippen molar-refractivity contribution < 1.29 is 14.4 Å². The number of nitrogens with zero attached hydrogens (tertiary/aromatic N) is 3. The fourth-order valence-corrected chi connectivity index (χ4v) is 3.09. The van der Waals surface area contributed by atoms with E-state index in [0.717, 1.165) is 21.9 Å². The number of nitrogens with one attached hydrogen (secondary N) is 1. The van der Waals surface area contributed by atoms with Crippen LogP contribution in [0.1, 0.15) is 29.9 Å². The number of hydrogen-bond donors (Lipinski definition) is 1. The topological polar surface area (TPSA) is 91.7 Å². The Labute approximate surface area is 158 Å². The molecule has 0 atom stereocenters. The minimum Gasteiger partial charge on any atom is -0.302 e. The Balaban J connectivity index is 1.83. The Hall–Kier alpha value is -2.84. The molecule has 0 saturated heterocycles. The first-order valence-corrected chi connectivity index (χ1v) is 8.75. The van der Waals surface area contributed by atoms with Gasteiger partial charge in [0.2, 0.25) is 5.91 Å². The number of aromatic nitrogens is 1. The van der Waals surface area contributed by atoms with Crippen LogP contribution in [0.3, 0.4) is 0 Å². The summed E-state index contributed by atoms with van der Waals surface area (Å²) in [6, 6.07) is 6.95. The Morgan fingerprint density at radius 1 is 1.27 bits per heavy atom. The quantitative estimate of drug-likeness (QED) is 0.645. The lowest BCUT2D eigenvalue weighted by Crippen LogP contribution is -2.29. The molecule has 0 spiro atoms. The average molecular weight is 389 g/mol. The van der Waals surface area contributed by atoms with E-state index in [0.29, 0.717) is 16.3 Å². The first-order chi connectivity index (χ1) is 12.3. The molecule has 0 fully saturated rings. The Morgan fingerprint density at radius 3 is 2.62 bits per heavy atom. The van der Waals surface area contributed by atoms with E-state index in [2.05, 4.69) is 15.4 Å². The molecule has 3 amide bonds. The average Bonchev–Trinajstić information content (AvgIpc) is 3.15. The summed E-state index contributed by atoms with van der Waals surface area (Å²) >= 11 is 6.95. The SMILES string of the molecule is CC(=O)Nc1nc(C(=O)N2N=C(C)/C(=C/c3ccc(Cl)cc3)C2=O)cs1. The van der Waals surface area contributed by atoms with Gasteiger partial charge in [0.1, 0.15) is 5.69 Å². The van der Waals surface area contributed by atoms with Gasteiger partial charge in [-0.2, -0.15) is 10.1 Å². The van der Waals surface area contributed by atoms with Gasteiger partial charge in [0, 0.05) is 17.3 Å². The first-order valence-electron chi connectivity index (χ1n) is 7.50. The van der Waals surface area contributed by atoms with Crippen LogP contribution in [0.5, 0.6) is 0 Å². The Kier molecular flexibility index (Phi) is 4.97. The van der Waals surface area contributed by atoms with Gasteiger partial charge in [-0.3, -0.25) is 14.4 Å². The van der Waals surface area contributed by atoms with Gasteiger partial charge < -0.3 is 5.32 Å². The van der Waals surface area contributed by atoms with Gasteiger partial charge in [-0.25, -0.2) is 4.98 Å². The molecule has 132 valence electrons. The van der Waals surface area contributed by atoms with Gasteiger partial charge >= 0.3 is 5.91 Å². The van der Waals surface area contributed by atoms with E-state index in [1.54, 1.807) is 37.3 Å². The Morgan fingerprint density at radius 2 is 1.96 bits per heavy atom. The monoisotopic (exact) mass is 388 g/mol. The molecule has 0 radical (unpaired) electrons. The molecular formula is C17H13ClN4O3S. The fraction of sp³-hybridized carbons (Fsp3) is 0.118. The number of carbonyl (C=O) groups is 3. The number of hydrazone groups is 1. The van der Waals surface area contributed by atoms with Gasteiger partial charge in [-0.1, -0.05) is 23.7 Å². The minimum absolute atomic E-state index is 0.0383. The number of imide groups is 1. The molecule has 1 N–H and O–H groups in total. The van der Waals surface area contributed by atoms with E-state index in [9.17, 15) is 14.4 Å². The first kappa shape index (κ1) is 18.0. The summed E-state index contributed by atoms with van der Waals surface area (Å²) in [7, 11) is 0. The predicted molar refractivity (Wildman–Crippen MR) is 100 cm³/mol. The van der Waals surface area contributed by atoms with Crippen molar-refractivity contribution in [1.29, 1.82) is 0 Å². The zero-order chi connectivity index (χ0) is 18.8. The van der Waals surface area contributed by atoms with Crippen LogP contribution < -0.4 is 5.32 Å². The number of hydrogen-bond acceptors (Lipinski definition) is 6. The molecule has 0 saturated carbocycles. The molecule has 3 rings (SSSR count). The van der Waals surface area contributed by atoms with Crippen molar-refractivity contribution in [3.63, 3.8) is 0 Å². The normalized spacial score (nSPS) is 15.3. The summed E-state index contributed by atoms with van der Waals surface area (Å²) in [5.74, 6) is -1.48. The maximum atomic E-state index is 12.6. The lowest BCUT2D eigenvalue weighted by atomic mass is 10.1. The van der Waals surface area contributed by atoms with Crippen molar-refractivity contribution in [2.75, 3.05) is 5.32 Å². The number of thiazole rings is 1. The number of rotatable bonds is 3. The molecule has 0 bridgehead atoms. The van der Waals surface area contributed by atoms with Crippen LogP contribution in [-0.2, 0) is 9.59 Å². The Bertz CT molecular complexity index is 963. The lowest BCUT2D eigenvalue weighted by Gasteiger charge is -2.07. The molecular weight excluding hydrogens is 376 g/mol. The van der Waals surface area contributed by atoms with E-state index >= 15 is 0 Å². The van der Waals surface area contributed by atoms with Crippen LogP contribution in [0.15, 0.2) is 40.3 Å². The third kappa shape index (κ3) is 3.71. The molecule has 0 aliphatic carbocycles. The van der Waals surface area contributed by atoms with Gasteiger partial charge in [-0.05, 0) is 30.7 Å². The van der Waals surface area contributed by atoms with Crippen molar-refractivity contribution >= 4 is 57.6 Å². The second-order valence-corrected chi connectivity index (χ2v) is 6.73. The molecule has 1 aliphatic heterocycles. The van der Waals surface area contributed by atoms with Crippen molar-refractivity contribution in [3.8, 4) is 0 Å². The molecule has 0 unspecified atom stereocenters. The largest absolute Gasteiger partial charge is 0.302 e. The highest BCUT2D eigenvalue weighted by Gasteiger charge is 2.34. The van der Waals surface area contributed by atoms with E-state index in [1.165, 1.54) is 12.3 Å². The summed E-state index contributed by atoms with van der Waals surface area (Å²) in [6.07, 6.45) is 1.65. The van der Waals surface area contributed by atoms with Gasteiger partial charge in [-0.15, -0.1) is 11.3 Å². The summed E-state index contributed by atoms with van der Waals surface area (Å²) in [6.45, 7) is 2.99. The standard InChI is InChI=1S/C17H13ClN4O3S/c1-9-13(7-11-3-5-12(18)6-4-11)15(24)22(21-9)16(25)14-8-26-17(20-14)19-10(2)23/h3-8H,1-2H3,(H,19,20,23)/b13-7-. The number of benzene rings is 1. The number of anilines is 1. The fourth-order valence-electron chi connectivity index (χ4n) is 2.24. The molecule has 2 aromatic rings. The van der Waals surface area contributed by atoms with Crippen LogP contribution in [0.4, 0.5) is 5.13 Å². The third-order valence-electron chi connectivity index (χ3n) is 3.44. The summed E-state index contributed by atoms with van der Waals surface area (Å²) in [5, 5.41) is 9.65. The maximum absolute atomic E-state index is 12.6. The zero-order valence-corrected chi connectivity index (χ0v) is 15.4. The van der Waals surface area contributed by atoms with Crippen molar-refractivity contribution in [1.82, 2.24) is 9.99 Å². The minimum atomic E-state index is -0.651. The van der Waals surface area contributed by atoms with Crippen LogP contribution in [0, 0.1) is 0 Å². The third-order valence-corrected chi connectivity index (χ3v) is 4.45. The van der Waals surface area contributed by atoms with Gasteiger partial charge in [0.25, 0.3) is 5.91 Å². The molecule has 9 heteroatoms. The summed E-state index contributed by atoms with van der Waals surface area (Å²) in [4.78, 5) is 40.2. The van der Waals surface area contributed by atoms with Crippen LogP contribution in [0.2, 0.25) is 5.02 Å². The molecule has 26 heavy (non-hydrogen) atoms. The highest BCUT2D eigenvalue weighted by molar-refractivity contribution is 7.14. The highest BCUT2D eigenvalue weighted by Crippen LogP contribution is 2.23. The van der Waals surface area contributed by atoms with Crippen LogP contribution >= 0.6 is 22.9 Å². The second kappa shape index (κ2) is 7.19. The summed E-state index contributed by atoms with van der Waals surface area (Å²) < 4.78 is 0. The number of halogens is 1. The highest BCUT2D eigenvalue weighted by atomic mass is 35.5. The van der Waals surface area contributed by atoms with Gasteiger partial charge in [0.05, 0.1) is 11.3 Å². The van der Waals surface area contributed by atoms with Crippen molar-refractivity contribution in [2.45, 2.75) is 13.8 Å². The maximum Gasteiger partial charge on any atom is 0.301 e. The predicted octanol–water partition coefficient (Wildman–Crippen LogP) is 3.20. The van der Waals surface area contributed by atoms with Crippen LogP contribution in [-0.4, -0.2) is 33.4 Å². The number of amides is 3. The van der Waals surface area contributed by atoms with E-state index in [-0.39, 0.29) is 16.7 Å². The number of carbonyl (C=O) groups excluding carboxylic acids is 3. The van der Waals surface area contributed by atoms with E-state index in [4.69, 9.17) is 11.6 Å². The lowest BCUT2D eigenvalue weighted by molar-refractivity contribution is -0.123. The van der Waals surface area contributed by atoms with E-state index in [1.807, 2.05) is 0 Å². The molecule has 1 aromatic carbocycles. The smallest absolute Gasteiger partial charge is 0.301 e. The molecule has 1 aromatic heterocycles. The molecule has 7 nitrogen and oxygen atoms in total. The van der Waals surface area contributed by atoms with Crippen molar-refractivity contribution in [2.24, 2.45) is 5.10 Å². The van der Waals surface area contributed by atoms with E-state index < -0.39 is 11.8 Å². The van der Waals surface area contributed by atoms with Gasteiger partial charge in [0.15, 0.2) is 5.13 Å².